The number of ketones is 1. The second kappa shape index (κ2) is 10.9. The molecule has 6 nitrogen and oxygen atoms in total. The van der Waals surface area contributed by atoms with Crippen molar-refractivity contribution >= 4 is 17.6 Å². The Morgan fingerprint density at radius 2 is 1.71 bits per heavy atom. The Morgan fingerprint density at radius 3 is 2.39 bits per heavy atom. The fourth-order valence-electron chi connectivity index (χ4n) is 2.56. The van der Waals surface area contributed by atoms with Crippen molar-refractivity contribution in [3.05, 3.63) is 65.2 Å². The summed E-state index contributed by atoms with van der Waals surface area (Å²) in [5.41, 5.74) is 2.46. The van der Waals surface area contributed by atoms with Crippen LogP contribution in [0.3, 0.4) is 0 Å². The quantitative estimate of drug-likeness (QED) is 0.662. The van der Waals surface area contributed by atoms with Crippen LogP contribution in [0.5, 0.6) is 5.75 Å². The second-order valence-electron chi connectivity index (χ2n) is 6.47. The Labute approximate surface area is 165 Å². The average molecular weight is 382 g/mol. The maximum atomic E-state index is 12.0. The summed E-state index contributed by atoms with van der Waals surface area (Å²) in [7, 11) is 0. The summed E-state index contributed by atoms with van der Waals surface area (Å²) in [6.45, 7) is 4.23. The molecule has 0 spiro atoms. The van der Waals surface area contributed by atoms with Crippen LogP contribution in [0.25, 0.3) is 0 Å². The number of ether oxygens (including phenoxy) is 1. The predicted octanol–water partition coefficient (Wildman–Crippen LogP) is 2.65. The molecule has 0 unspecified atom stereocenters. The molecule has 2 aromatic carbocycles. The molecule has 2 amide bonds. The van der Waals surface area contributed by atoms with Crippen molar-refractivity contribution in [2.45, 2.75) is 33.2 Å². The minimum Gasteiger partial charge on any atom is -0.484 e. The molecule has 0 atom stereocenters. The number of Topliss-reactive ketones (excluding diaryl/α,β-unsaturated/α-hetero) is 1. The van der Waals surface area contributed by atoms with Gasteiger partial charge in [-0.25, -0.2) is 0 Å². The lowest BCUT2D eigenvalue weighted by molar-refractivity contribution is -0.123. The third kappa shape index (κ3) is 7.23. The SMILES string of the molecule is CCNC(=O)c1cccc(CNC(=O)COc2ccc(CCC(C)=O)cc2)c1. The maximum absolute atomic E-state index is 12.0. The molecule has 0 aliphatic heterocycles. The van der Waals surface area contributed by atoms with E-state index in [-0.39, 0.29) is 24.2 Å². The molecule has 0 radical (unpaired) electrons. The van der Waals surface area contributed by atoms with Gasteiger partial charge in [0.15, 0.2) is 6.61 Å². The van der Waals surface area contributed by atoms with Crippen LogP contribution < -0.4 is 15.4 Å². The molecule has 0 saturated carbocycles. The number of carbonyl (C=O) groups is 3. The van der Waals surface area contributed by atoms with Crippen molar-refractivity contribution in [3.8, 4) is 5.75 Å². The molecule has 148 valence electrons. The molecule has 0 heterocycles. The van der Waals surface area contributed by atoms with Gasteiger partial charge in [-0.2, -0.15) is 0 Å². The summed E-state index contributed by atoms with van der Waals surface area (Å²) in [6.07, 6.45) is 1.22. The summed E-state index contributed by atoms with van der Waals surface area (Å²) in [4.78, 5) is 34.9. The molecule has 2 rings (SSSR count). The third-order valence-electron chi connectivity index (χ3n) is 4.08. The van der Waals surface area contributed by atoms with Gasteiger partial charge >= 0.3 is 0 Å². The van der Waals surface area contributed by atoms with Gasteiger partial charge in [-0.1, -0.05) is 24.3 Å². The highest BCUT2D eigenvalue weighted by Crippen LogP contribution is 2.13. The molecule has 0 fully saturated rings. The van der Waals surface area contributed by atoms with Crippen LogP contribution >= 0.6 is 0 Å². The summed E-state index contributed by atoms with van der Waals surface area (Å²) < 4.78 is 5.49. The van der Waals surface area contributed by atoms with Gasteiger partial charge < -0.3 is 20.2 Å². The minimum atomic E-state index is -0.246. The van der Waals surface area contributed by atoms with E-state index in [1.807, 2.05) is 25.1 Å². The number of aryl methyl sites for hydroxylation is 1. The first-order chi connectivity index (χ1) is 13.5. The van der Waals surface area contributed by atoms with Gasteiger partial charge in [-0.15, -0.1) is 0 Å². The van der Waals surface area contributed by atoms with Crippen LogP contribution in [0, 0.1) is 0 Å². The zero-order valence-corrected chi connectivity index (χ0v) is 16.3. The van der Waals surface area contributed by atoms with Gasteiger partial charge in [-0.3, -0.25) is 9.59 Å². The number of rotatable bonds is 10. The van der Waals surface area contributed by atoms with Gasteiger partial charge in [-0.05, 0) is 55.7 Å². The van der Waals surface area contributed by atoms with Crippen molar-refractivity contribution in [2.75, 3.05) is 13.2 Å². The zero-order valence-electron chi connectivity index (χ0n) is 16.3. The van der Waals surface area contributed by atoms with Crippen LogP contribution in [-0.4, -0.2) is 30.7 Å². The number of hydrogen-bond donors (Lipinski definition) is 2. The van der Waals surface area contributed by atoms with Crippen LogP contribution in [0.2, 0.25) is 0 Å². The van der Waals surface area contributed by atoms with E-state index in [2.05, 4.69) is 10.6 Å². The van der Waals surface area contributed by atoms with Gasteiger partial charge in [0.25, 0.3) is 11.8 Å². The first-order valence-electron chi connectivity index (χ1n) is 9.33. The second-order valence-corrected chi connectivity index (χ2v) is 6.47. The standard InChI is InChI=1S/C22H26N2O4/c1-3-23-22(27)19-6-4-5-18(13-19)14-24-21(26)15-28-20-11-9-17(10-12-20)8-7-16(2)25/h4-6,9-13H,3,7-8,14-15H2,1-2H3,(H,23,27)(H,24,26). The van der Waals surface area contributed by atoms with E-state index in [1.54, 1.807) is 37.3 Å². The van der Waals surface area contributed by atoms with E-state index in [1.165, 1.54) is 0 Å². The van der Waals surface area contributed by atoms with Crippen molar-refractivity contribution in [1.82, 2.24) is 10.6 Å². The summed E-state index contributed by atoms with van der Waals surface area (Å²) in [5, 5.41) is 5.53. The minimum absolute atomic E-state index is 0.0944. The van der Waals surface area contributed by atoms with Crippen molar-refractivity contribution < 1.29 is 19.1 Å². The summed E-state index contributed by atoms with van der Waals surface area (Å²) in [6, 6.07) is 14.5. The molecular formula is C22H26N2O4. The molecule has 2 N–H and O–H groups in total. The molecule has 28 heavy (non-hydrogen) atoms. The molecular weight excluding hydrogens is 356 g/mol. The number of amides is 2. The Morgan fingerprint density at radius 1 is 0.964 bits per heavy atom. The first-order valence-corrected chi connectivity index (χ1v) is 9.33. The van der Waals surface area contributed by atoms with Crippen LogP contribution in [-0.2, 0) is 22.6 Å². The highest BCUT2D eigenvalue weighted by atomic mass is 16.5. The van der Waals surface area contributed by atoms with Crippen molar-refractivity contribution in [2.24, 2.45) is 0 Å². The number of carbonyl (C=O) groups excluding carboxylic acids is 3. The fraction of sp³-hybridized carbons (Fsp3) is 0.318. The van der Waals surface area contributed by atoms with Gasteiger partial charge in [0.2, 0.25) is 0 Å². The number of nitrogens with one attached hydrogen (secondary N) is 2. The van der Waals surface area contributed by atoms with E-state index >= 15 is 0 Å². The van der Waals surface area contributed by atoms with Gasteiger partial charge in [0.1, 0.15) is 11.5 Å². The Hall–Kier alpha value is -3.15. The van der Waals surface area contributed by atoms with Crippen LogP contribution in [0.15, 0.2) is 48.5 Å². The lowest BCUT2D eigenvalue weighted by Gasteiger charge is -2.09. The normalized spacial score (nSPS) is 10.2. The molecule has 0 saturated heterocycles. The van der Waals surface area contributed by atoms with E-state index in [0.717, 1.165) is 11.1 Å². The lowest BCUT2D eigenvalue weighted by Crippen LogP contribution is -2.28. The topological polar surface area (TPSA) is 84.5 Å². The number of benzene rings is 2. The third-order valence-corrected chi connectivity index (χ3v) is 4.08. The maximum Gasteiger partial charge on any atom is 0.258 e. The van der Waals surface area contributed by atoms with Gasteiger partial charge in [0, 0.05) is 25.1 Å². The summed E-state index contributed by atoms with van der Waals surface area (Å²) >= 11 is 0. The van der Waals surface area contributed by atoms with Crippen molar-refractivity contribution in [3.63, 3.8) is 0 Å². The first kappa shape index (κ1) is 21.2. The molecule has 0 aromatic heterocycles. The highest BCUT2D eigenvalue weighted by Gasteiger charge is 2.07. The fourth-order valence-corrected chi connectivity index (χ4v) is 2.56. The van der Waals surface area contributed by atoms with Crippen LogP contribution in [0.4, 0.5) is 0 Å². The van der Waals surface area contributed by atoms with Crippen LogP contribution in [0.1, 0.15) is 41.8 Å². The smallest absolute Gasteiger partial charge is 0.258 e. The predicted molar refractivity (Wildman–Crippen MR) is 107 cm³/mol. The van der Waals surface area contributed by atoms with E-state index < -0.39 is 0 Å². The molecule has 0 aliphatic carbocycles. The largest absolute Gasteiger partial charge is 0.484 e. The van der Waals surface area contributed by atoms with E-state index in [4.69, 9.17) is 4.74 Å². The summed E-state index contributed by atoms with van der Waals surface area (Å²) in [5.74, 6) is 0.378. The lowest BCUT2D eigenvalue weighted by atomic mass is 10.1. The van der Waals surface area contributed by atoms with Gasteiger partial charge in [0.05, 0.1) is 0 Å². The highest BCUT2D eigenvalue weighted by molar-refractivity contribution is 5.94. The average Bonchev–Trinajstić information content (AvgIpc) is 2.70. The van der Waals surface area contributed by atoms with E-state index in [0.29, 0.717) is 37.2 Å². The molecule has 0 aliphatic rings. The van der Waals surface area contributed by atoms with Crippen molar-refractivity contribution in [1.29, 1.82) is 0 Å². The monoisotopic (exact) mass is 382 g/mol. The molecule has 2 aromatic rings. The number of hydrogen-bond acceptors (Lipinski definition) is 4. The Bertz CT molecular complexity index is 816. The Kier molecular flexibility index (Phi) is 8.21. The Balaban J connectivity index is 1.77. The van der Waals surface area contributed by atoms with E-state index in [9.17, 15) is 14.4 Å². The molecule has 6 heteroatoms. The zero-order chi connectivity index (χ0) is 20.4. The molecule has 0 bridgehead atoms.